The fraction of sp³-hybridized carbons (Fsp3) is 0.667. The molecular formula is C15H25Cl2N5O2. The molecule has 0 bridgehead atoms. The molecule has 2 saturated heterocycles. The fourth-order valence-corrected chi connectivity index (χ4v) is 3.05. The summed E-state index contributed by atoms with van der Waals surface area (Å²) in [7, 11) is 0. The molecule has 3 heterocycles. The quantitative estimate of drug-likeness (QED) is 0.810. The lowest BCUT2D eigenvalue weighted by Gasteiger charge is -2.35. The van der Waals surface area contributed by atoms with Crippen molar-refractivity contribution in [3.63, 3.8) is 0 Å². The second-order valence-corrected chi connectivity index (χ2v) is 5.85. The molecule has 2 fully saturated rings. The third kappa shape index (κ3) is 5.17. The zero-order valence-electron chi connectivity index (χ0n) is 13.7. The van der Waals surface area contributed by atoms with E-state index in [0.717, 1.165) is 38.4 Å². The highest BCUT2D eigenvalue weighted by molar-refractivity contribution is 5.85. The smallest absolute Gasteiger partial charge is 0.240 e. The van der Waals surface area contributed by atoms with Gasteiger partial charge in [-0.2, -0.15) is 0 Å². The predicted octanol–water partition coefficient (Wildman–Crippen LogP) is 0.782. The van der Waals surface area contributed by atoms with Crippen LogP contribution >= 0.6 is 24.8 Å². The van der Waals surface area contributed by atoms with Crippen LogP contribution in [0.1, 0.15) is 19.8 Å². The Morgan fingerprint density at radius 3 is 2.83 bits per heavy atom. The number of carbonyl (C=O) groups is 1. The largest absolute Gasteiger partial charge is 0.375 e. The normalized spacial score (nSPS) is 26.7. The van der Waals surface area contributed by atoms with Gasteiger partial charge in [-0.3, -0.25) is 4.79 Å². The molecule has 0 aromatic carbocycles. The number of anilines is 1. The maximum Gasteiger partial charge on any atom is 0.240 e. The van der Waals surface area contributed by atoms with Crippen molar-refractivity contribution in [1.29, 1.82) is 0 Å². The van der Waals surface area contributed by atoms with Crippen molar-refractivity contribution in [2.75, 3.05) is 31.1 Å². The number of piperidine rings is 1. The summed E-state index contributed by atoms with van der Waals surface area (Å²) in [5.74, 6) is 0.752. The SMILES string of the molecule is C[C@H]1OCCN[C@@H]1C(=O)NC1CCCN(c2ncccn2)C1.Cl.Cl. The lowest BCUT2D eigenvalue weighted by Crippen LogP contribution is -2.59. The third-order valence-corrected chi connectivity index (χ3v) is 4.20. The molecule has 0 radical (unpaired) electrons. The number of hydrogen-bond donors (Lipinski definition) is 2. The summed E-state index contributed by atoms with van der Waals surface area (Å²) in [5, 5.41) is 6.37. The topological polar surface area (TPSA) is 79.4 Å². The Hall–Kier alpha value is -1.15. The van der Waals surface area contributed by atoms with E-state index in [9.17, 15) is 4.79 Å². The molecule has 136 valence electrons. The van der Waals surface area contributed by atoms with Crippen LogP contribution in [0.5, 0.6) is 0 Å². The number of aromatic nitrogens is 2. The van der Waals surface area contributed by atoms with Crippen LogP contribution in [-0.2, 0) is 9.53 Å². The van der Waals surface area contributed by atoms with E-state index in [0.29, 0.717) is 6.61 Å². The van der Waals surface area contributed by atoms with Gasteiger partial charge in [0.25, 0.3) is 0 Å². The first-order valence-corrected chi connectivity index (χ1v) is 7.91. The van der Waals surface area contributed by atoms with Gasteiger partial charge in [0.05, 0.1) is 12.7 Å². The van der Waals surface area contributed by atoms with Crippen LogP contribution in [0.2, 0.25) is 0 Å². The van der Waals surface area contributed by atoms with Gasteiger partial charge in [-0.25, -0.2) is 9.97 Å². The Morgan fingerprint density at radius 1 is 1.38 bits per heavy atom. The summed E-state index contributed by atoms with van der Waals surface area (Å²) in [6, 6.07) is 1.67. The first kappa shape index (κ1) is 20.9. The van der Waals surface area contributed by atoms with Crippen LogP contribution in [0.15, 0.2) is 18.5 Å². The van der Waals surface area contributed by atoms with Gasteiger partial charge in [-0.05, 0) is 25.8 Å². The molecule has 1 amide bonds. The van der Waals surface area contributed by atoms with Gasteiger partial charge in [-0.15, -0.1) is 24.8 Å². The molecule has 1 aromatic rings. The highest BCUT2D eigenvalue weighted by Gasteiger charge is 2.31. The Kier molecular flexibility index (Phi) is 8.69. The molecule has 0 saturated carbocycles. The van der Waals surface area contributed by atoms with Gasteiger partial charge in [0.15, 0.2) is 0 Å². The van der Waals surface area contributed by atoms with E-state index in [-0.39, 0.29) is 48.9 Å². The molecule has 2 aliphatic rings. The zero-order valence-corrected chi connectivity index (χ0v) is 15.3. The van der Waals surface area contributed by atoms with Crippen molar-refractivity contribution in [2.45, 2.75) is 38.0 Å². The number of nitrogens with zero attached hydrogens (tertiary/aromatic N) is 3. The summed E-state index contributed by atoms with van der Waals surface area (Å²) in [6.45, 7) is 4.99. The predicted molar refractivity (Wildman–Crippen MR) is 97.1 cm³/mol. The Balaban J connectivity index is 0.00000144. The molecule has 1 aromatic heterocycles. The molecule has 0 aliphatic carbocycles. The fourth-order valence-electron chi connectivity index (χ4n) is 3.05. The number of carbonyl (C=O) groups excluding carboxylic acids is 1. The molecule has 3 atom stereocenters. The first-order chi connectivity index (χ1) is 10.7. The second kappa shape index (κ2) is 9.98. The van der Waals surface area contributed by atoms with Crippen molar-refractivity contribution in [1.82, 2.24) is 20.6 Å². The second-order valence-electron chi connectivity index (χ2n) is 5.85. The van der Waals surface area contributed by atoms with Gasteiger partial charge in [0, 0.05) is 38.1 Å². The summed E-state index contributed by atoms with van der Waals surface area (Å²) in [4.78, 5) is 23.1. The first-order valence-electron chi connectivity index (χ1n) is 7.91. The average Bonchev–Trinajstić information content (AvgIpc) is 2.56. The van der Waals surface area contributed by atoms with Crippen molar-refractivity contribution >= 4 is 36.7 Å². The van der Waals surface area contributed by atoms with Crippen LogP contribution in [0, 0.1) is 0 Å². The van der Waals surface area contributed by atoms with Gasteiger partial charge in [0.1, 0.15) is 6.04 Å². The van der Waals surface area contributed by atoms with Crippen LogP contribution in [0.4, 0.5) is 5.95 Å². The Morgan fingerprint density at radius 2 is 2.12 bits per heavy atom. The van der Waals surface area contributed by atoms with Gasteiger partial charge < -0.3 is 20.3 Å². The van der Waals surface area contributed by atoms with Crippen molar-refractivity contribution in [2.24, 2.45) is 0 Å². The maximum absolute atomic E-state index is 12.4. The molecular weight excluding hydrogens is 353 g/mol. The number of hydrogen-bond acceptors (Lipinski definition) is 6. The van der Waals surface area contributed by atoms with E-state index in [1.165, 1.54) is 0 Å². The van der Waals surface area contributed by atoms with E-state index >= 15 is 0 Å². The Bertz CT molecular complexity index is 508. The summed E-state index contributed by atoms with van der Waals surface area (Å²) < 4.78 is 5.54. The van der Waals surface area contributed by atoms with Gasteiger partial charge >= 0.3 is 0 Å². The summed E-state index contributed by atoms with van der Waals surface area (Å²) in [6.07, 6.45) is 5.40. The highest BCUT2D eigenvalue weighted by atomic mass is 35.5. The van der Waals surface area contributed by atoms with E-state index in [4.69, 9.17) is 4.74 Å². The summed E-state index contributed by atoms with van der Waals surface area (Å²) >= 11 is 0. The molecule has 24 heavy (non-hydrogen) atoms. The Labute approximate surface area is 154 Å². The van der Waals surface area contributed by atoms with E-state index < -0.39 is 0 Å². The number of morpholine rings is 1. The van der Waals surface area contributed by atoms with Crippen LogP contribution < -0.4 is 15.5 Å². The average molecular weight is 378 g/mol. The number of ether oxygens (including phenoxy) is 1. The van der Waals surface area contributed by atoms with E-state index in [2.05, 4.69) is 25.5 Å². The van der Waals surface area contributed by atoms with Gasteiger partial charge in [0.2, 0.25) is 11.9 Å². The molecule has 7 nitrogen and oxygen atoms in total. The molecule has 1 unspecified atom stereocenters. The maximum atomic E-state index is 12.4. The minimum absolute atomic E-state index is 0. The third-order valence-electron chi connectivity index (χ3n) is 4.20. The molecule has 2 aliphatic heterocycles. The minimum atomic E-state index is -0.267. The zero-order chi connectivity index (χ0) is 15.4. The molecule has 3 rings (SSSR count). The van der Waals surface area contributed by atoms with Crippen LogP contribution in [-0.4, -0.2) is 60.3 Å². The summed E-state index contributed by atoms with van der Waals surface area (Å²) in [5.41, 5.74) is 0. The standard InChI is InChI=1S/C15H23N5O2.2ClH/c1-11-13(16-7-9-22-11)14(21)19-12-4-2-8-20(10-12)15-17-5-3-6-18-15;;/h3,5-6,11-13,16H,2,4,7-10H2,1H3,(H,19,21);2*1H/t11-,12?,13+;;/m1../s1. The number of halogens is 2. The van der Waals surface area contributed by atoms with Crippen molar-refractivity contribution in [3.8, 4) is 0 Å². The number of rotatable bonds is 3. The molecule has 9 heteroatoms. The monoisotopic (exact) mass is 377 g/mol. The van der Waals surface area contributed by atoms with Gasteiger partial charge in [-0.1, -0.05) is 0 Å². The molecule has 2 N–H and O–H groups in total. The van der Waals surface area contributed by atoms with E-state index in [1.807, 2.05) is 13.0 Å². The molecule has 0 spiro atoms. The van der Waals surface area contributed by atoms with E-state index in [1.54, 1.807) is 12.4 Å². The number of amides is 1. The van der Waals surface area contributed by atoms with Crippen molar-refractivity contribution < 1.29 is 9.53 Å². The highest BCUT2D eigenvalue weighted by Crippen LogP contribution is 2.15. The van der Waals surface area contributed by atoms with Crippen LogP contribution in [0.25, 0.3) is 0 Å². The lowest BCUT2D eigenvalue weighted by molar-refractivity contribution is -0.129. The van der Waals surface area contributed by atoms with Crippen molar-refractivity contribution in [3.05, 3.63) is 18.5 Å². The van der Waals surface area contributed by atoms with Crippen LogP contribution in [0.3, 0.4) is 0 Å². The number of nitrogens with one attached hydrogen (secondary N) is 2. The minimum Gasteiger partial charge on any atom is -0.375 e. The lowest BCUT2D eigenvalue weighted by atomic mass is 10.0.